The molecular formula is C21H22N2O7. The predicted octanol–water partition coefficient (Wildman–Crippen LogP) is 1.63. The predicted molar refractivity (Wildman–Crippen MR) is 105 cm³/mol. The van der Waals surface area contributed by atoms with Gasteiger partial charge in [0.2, 0.25) is 6.79 Å². The molecule has 30 heavy (non-hydrogen) atoms. The third-order valence-electron chi connectivity index (χ3n) is 5.12. The van der Waals surface area contributed by atoms with Crippen molar-refractivity contribution in [1.82, 2.24) is 10.2 Å². The number of amides is 3. The fourth-order valence-electron chi connectivity index (χ4n) is 3.39. The van der Waals surface area contributed by atoms with E-state index in [4.69, 9.17) is 18.9 Å². The summed E-state index contributed by atoms with van der Waals surface area (Å²) in [6.45, 7) is 1.46. The number of fused-ring (bicyclic) bond motifs is 1. The van der Waals surface area contributed by atoms with Crippen molar-refractivity contribution in [2.24, 2.45) is 0 Å². The van der Waals surface area contributed by atoms with Gasteiger partial charge in [-0.3, -0.25) is 9.69 Å². The number of hydrogen-bond donors (Lipinski definition) is 2. The Kier molecular flexibility index (Phi) is 5.13. The van der Waals surface area contributed by atoms with Crippen molar-refractivity contribution >= 4 is 11.9 Å². The summed E-state index contributed by atoms with van der Waals surface area (Å²) < 4.78 is 21.3. The van der Waals surface area contributed by atoms with Crippen LogP contribution in [0.25, 0.3) is 0 Å². The lowest BCUT2D eigenvalue weighted by molar-refractivity contribution is -0.132. The molecular weight excluding hydrogens is 392 g/mol. The molecule has 0 aliphatic carbocycles. The number of nitrogens with zero attached hydrogens (tertiary/aromatic N) is 1. The number of β-amino-alcohol motifs (C(OH)–C–C–N with tert-alkyl or cyclic N) is 1. The highest BCUT2D eigenvalue weighted by atomic mass is 16.7. The maximum Gasteiger partial charge on any atom is 0.325 e. The van der Waals surface area contributed by atoms with Crippen LogP contribution in [0.2, 0.25) is 0 Å². The fraction of sp³-hybridized carbons (Fsp3) is 0.333. The number of aliphatic hydroxyl groups is 1. The number of carbonyl (C=O) groups is 2. The van der Waals surface area contributed by atoms with Gasteiger partial charge < -0.3 is 29.4 Å². The van der Waals surface area contributed by atoms with Gasteiger partial charge in [-0.1, -0.05) is 6.07 Å². The number of nitrogens with one attached hydrogen (secondary N) is 1. The summed E-state index contributed by atoms with van der Waals surface area (Å²) in [5, 5.41) is 13.0. The number of methoxy groups -OCH3 is 1. The molecule has 9 nitrogen and oxygen atoms in total. The van der Waals surface area contributed by atoms with Gasteiger partial charge in [-0.25, -0.2) is 4.79 Å². The summed E-state index contributed by atoms with van der Waals surface area (Å²) >= 11 is 0. The Labute approximate surface area is 173 Å². The molecule has 158 valence electrons. The zero-order valence-corrected chi connectivity index (χ0v) is 16.6. The van der Waals surface area contributed by atoms with E-state index in [1.54, 1.807) is 56.5 Å². The van der Waals surface area contributed by atoms with Crippen LogP contribution in [-0.4, -0.2) is 55.1 Å². The van der Waals surface area contributed by atoms with Crippen molar-refractivity contribution in [2.45, 2.75) is 18.6 Å². The molecule has 1 saturated heterocycles. The van der Waals surface area contributed by atoms with Gasteiger partial charge in [0.15, 0.2) is 11.5 Å². The second-order valence-corrected chi connectivity index (χ2v) is 7.18. The summed E-state index contributed by atoms with van der Waals surface area (Å²) in [5.74, 6) is 1.86. The van der Waals surface area contributed by atoms with Crippen LogP contribution >= 0.6 is 0 Å². The van der Waals surface area contributed by atoms with Gasteiger partial charge in [0, 0.05) is 0 Å². The molecule has 2 heterocycles. The number of rotatable bonds is 7. The van der Waals surface area contributed by atoms with Crippen LogP contribution in [0.1, 0.15) is 12.5 Å². The molecule has 2 N–H and O–H groups in total. The molecule has 4 rings (SSSR count). The number of hydrogen-bond acceptors (Lipinski definition) is 7. The third-order valence-corrected chi connectivity index (χ3v) is 5.12. The minimum atomic E-state index is -1.27. The van der Waals surface area contributed by atoms with Crippen LogP contribution in [0.4, 0.5) is 4.79 Å². The van der Waals surface area contributed by atoms with Gasteiger partial charge >= 0.3 is 6.03 Å². The monoisotopic (exact) mass is 414 g/mol. The first-order valence-electron chi connectivity index (χ1n) is 9.40. The first-order chi connectivity index (χ1) is 14.4. The molecule has 2 aliphatic heterocycles. The SMILES string of the molecule is COc1ccc(OCC(O)CN2C(=O)NC(C)(c3ccc4c(c3)OCO4)C2=O)cc1. The van der Waals surface area contributed by atoms with E-state index in [0.717, 1.165) is 4.90 Å². The first kappa shape index (κ1) is 19.8. The van der Waals surface area contributed by atoms with Crippen LogP contribution in [-0.2, 0) is 10.3 Å². The van der Waals surface area contributed by atoms with E-state index in [-0.39, 0.29) is 19.9 Å². The Hall–Kier alpha value is -3.46. The number of carbonyl (C=O) groups excluding carboxylic acids is 2. The normalized spacial score (nSPS) is 20.8. The van der Waals surface area contributed by atoms with Crippen LogP contribution in [0.5, 0.6) is 23.0 Å². The van der Waals surface area contributed by atoms with Crippen LogP contribution in [0.3, 0.4) is 0 Å². The molecule has 2 aromatic rings. The lowest BCUT2D eigenvalue weighted by atomic mass is 9.91. The second-order valence-electron chi connectivity index (χ2n) is 7.18. The van der Waals surface area contributed by atoms with Crippen LogP contribution in [0.15, 0.2) is 42.5 Å². The van der Waals surface area contributed by atoms with Crippen molar-refractivity contribution in [1.29, 1.82) is 0 Å². The average Bonchev–Trinajstić information content (AvgIpc) is 3.31. The van der Waals surface area contributed by atoms with Crippen molar-refractivity contribution in [3.63, 3.8) is 0 Å². The molecule has 2 aliphatic rings. The molecule has 2 unspecified atom stereocenters. The van der Waals surface area contributed by atoms with Gasteiger partial charge in [-0.2, -0.15) is 0 Å². The van der Waals surface area contributed by atoms with E-state index in [1.165, 1.54) is 0 Å². The van der Waals surface area contributed by atoms with E-state index in [0.29, 0.717) is 28.6 Å². The van der Waals surface area contributed by atoms with Crippen molar-refractivity contribution in [3.8, 4) is 23.0 Å². The molecule has 9 heteroatoms. The largest absolute Gasteiger partial charge is 0.497 e. The van der Waals surface area contributed by atoms with E-state index < -0.39 is 23.6 Å². The molecule has 2 aromatic carbocycles. The smallest absolute Gasteiger partial charge is 0.325 e. The maximum atomic E-state index is 13.0. The lowest BCUT2D eigenvalue weighted by Gasteiger charge is -2.23. The highest BCUT2D eigenvalue weighted by Gasteiger charge is 2.49. The number of ether oxygens (including phenoxy) is 4. The van der Waals surface area contributed by atoms with Crippen molar-refractivity contribution < 1.29 is 33.6 Å². The Morgan fingerprint density at radius 2 is 1.83 bits per heavy atom. The van der Waals surface area contributed by atoms with Gasteiger partial charge in [0.1, 0.15) is 29.7 Å². The first-order valence-corrected chi connectivity index (χ1v) is 9.40. The maximum absolute atomic E-state index is 13.0. The topological polar surface area (TPSA) is 107 Å². The molecule has 0 radical (unpaired) electrons. The lowest BCUT2D eigenvalue weighted by Crippen LogP contribution is -2.42. The van der Waals surface area contributed by atoms with Crippen LogP contribution in [0, 0.1) is 0 Å². The van der Waals surface area contributed by atoms with Crippen LogP contribution < -0.4 is 24.3 Å². The zero-order valence-electron chi connectivity index (χ0n) is 16.6. The summed E-state index contributed by atoms with van der Waals surface area (Å²) in [5.41, 5.74) is -0.703. The van der Waals surface area contributed by atoms with E-state index in [1.807, 2.05) is 0 Å². The molecule has 0 saturated carbocycles. The highest BCUT2D eigenvalue weighted by molar-refractivity contribution is 6.07. The molecule has 1 fully saturated rings. The quantitative estimate of drug-likeness (QED) is 0.663. The summed E-state index contributed by atoms with van der Waals surface area (Å²) in [4.78, 5) is 26.5. The van der Waals surface area contributed by atoms with Gasteiger partial charge in [0.05, 0.1) is 13.7 Å². The standard InChI is InChI=1S/C21H22N2O7/c1-21(13-3-8-17-18(9-13)30-12-29-17)19(25)23(20(26)22-21)10-14(24)11-28-16-6-4-15(27-2)5-7-16/h3-9,14,24H,10-12H2,1-2H3,(H,22,26). The Morgan fingerprint density at radius 1 is 1.13 bits per heavy atom. The van der Waals surface area contributed by atoms with Crippen molar-refractivity contribution in [2.75, 3.05) is 27.1 Å². The van der Waals surface area contributed by atoms with E-state index in [9.17, 15) is 14.7 Å². The third kappa shape index (κ3) is 3.59. The Balaban J connectivity index is 1.40. The minimum absolute atomic E-state index is 0.0792. The van der Waals surface area contributed by atoms with E-state index in [2.05, 4.69) is 5.32 Å². The molecule has 2 atom stereocenters. The Morgan fingerprint density at radius 3 is 2.57 bits per heavy atom. The summed E-state index contributed by atoms with van der Waals surface area (Å²) in [6.07, 6.45) is -1.05. The van der Waals surface area contributed by atoms with Gasteiger partial charge in [-0.05, 0) is 48.9 Å². The van der Waals surface area contributed by atoms with E-state index >= 15 is 0 Å². The fourth-order valence-corrected chi connectivity index (χ4v) is 3.39. The molecule has 0 bridgehead atoms. The minimum Gasteiger partial charge on any atom is -0.497 e. The second kappa shape index (κ2) is 7.75. The van der Waals surface area contributed by atoms with Gasteiger partial charge in [-0.15, -0.1) is 0 Å². The van der Waals surface area contributed by atoms with Gasteiger partial charge in [0.25, 0.3) is 5.91 Å². The molecule has 0 aromatic heterocycles. The number of aliphatic hydroxyl groups excluding tert-OH is 1. The average molecular weight is 414 g/mol. The highest BCUT2D eigenvalue weighted by Crippen LogP contribution is 2.37. The Bertz CT molecular complexity index is 962. The summed E-state index contributed by atoms with van der Waals surface area (Å²) in [7, 11) is 1.56. The zero-order chi connectivity index (χ0) is 21.3. The number of benzene rings is 2. The molecule has 3 amide bonds. The number of imide groups is 1. The van der Waals surface area contributed by atoms with Crippen molar-refractivity contribution in [3.05, 3.63) is 48.0 Å². The molecule has 0 spiro atoms. The number of urea groups is 1. The summed E-state index contributed by atoms with van der Waals surface area (Å²) in [6, 6.07) is 11.4.